The zero-order valence-corrected chi connectivity index (χ0v) is 15.0. The van der Waals surface area contributed by atoms with E-state index in [0.29, 0.717) is 24.5 Å². The quantitative estimate of drug-likeness (QED) is 0.552. The fourth-order valence-corrected chi connectivity index (χ4v) is 2.11. The van der Waals surface area contributed by atoms with Crippen molar-refractivity contribution in [1.29, 1.82) is 0 Å². The average molecular weight is 370 g/mol. The molecule has 0 saturated carbocycles. The number of hydrazine groups is 1. The number of nitrogens with one attached hydrogen (secondary N) is 4. The third kappa shape index (κ3) is 7.07. The summed E-state index contributed by atoms with van der Waals surface area (Å²) in [6.45, 7) is 2.48. The summed E-state index contributed by atoms with van der Waals surface area (Å²) in [7, 11) is 0. The molecule has 0 atom stereocenters. The Kier molecular flexibility index (Phi) is 7.65. The highest BCUT2D eigenvalue weighted by molar-refractivity contribution is 5.95. The van der Waals surface area contributed by atoms with Crippen molar-refractivity contribution in [2.45, 2.75) is 13.5 Å². The summed E-state index contributed by atoms with van der Waals surface area (Å²) in [4.78, 5) is 35.3. The van der Waals surface area contributed by atoms with Crippen LogP contribution in [0.1, 0.15) is 22.8 Å². The molecule has 4 N–H and O–H groups in total. The first-order valence-electron chi connectivity index (χ1n) is 8.46. The molecule has 2 aromatic carbocycles. The topological polar surface area (TPSA) is 109 Å². The first-order chi connectivity index (χ1) is 13.1. The maximum absolute atomic E-state index is 11.9. The maximum atomic E-state index is 11.9. The Balaban J connectivity index is 1.66. The second-order valence-corrected chi connectivity index (χ2v) is 5.48. The Hall–Kier alpha value is -3.55. The Morgan fingerprint density at radius 2 is 1.59 bits per heavy atom. The van der Waals surface area contributed by atoms with Crippen LogP contribution in [-0.4, -0.2) is 31.0 Å². The first-order valence-corrected chi connectivity index (χ1v) is 8.46. The number of hydrogen-bond donors (Lipinski definition) is 4. The van der Waals surface area contributed by atoms with Gasteiger partial charge in [0.25, 0.3) is 11.8 Å². The SMILES string of the molecule is CCOc1ccc(C(=O)NNC(=O)CNC(=O)NCc2ccccc2)cc1. The van der Waals surface area contributed by atoms with E-state index in [1.54, 1.807) is 24.3 Å². The van der Waals surface area contributed by atoms with Gasteiger partial charge in [0.2, 0.25) is 0 Å². The molecule has 4 amide bonds. The van der Waals surface area contributed by atoms with Gasteiger partial charge in [0, 0.05) is 12.1 Å². The third-order valence-electron chi connectivity index (χ3n) is 3.45. The lowest BCUT2D eigenvalue weighted by Gasteiger charge is -2.10. The second-order valence-electron chi connectivity index (χ2n) is 5.48. The molecular weight excluding hydrogens is 348 g/mol. The van der Waals surface area contributed by atoms with Crippen LogP contribution in [0, 0.1) is 0 Å². The molecule has 8 nitrogen and oxygen atoms in total. The Morgan fingerprint density at radius 3 is 2.26 bits per heavy atom. The zero-order chi connectivity index (χ0) is 19.5. The lowest BCUT2D eigenvalue weighted by molar-refractivity contribution is -0.120. The summed E-state index contributed by atoms with van der Waals surface area (Å²) >= 11 is 0. The minimum absolute atomic E-state index is 0.274. The van der Waals surface area contributed by atoms with Gasteiger partial charge < -0.3 is 15.4 Å². The number of carbonyl (C=O) groups excluding carboxylic acids is 3. The summed E-state index contributed by atoms with van der Waals surface area (Å²) in [5.74, 6) is -0.368. The molecule has 0 spiro atoms. The number of amides is 4. The summed E-state index contributed by atoms with van der Waals surface area (Å²) in [5, 5.41) is 5.04. The molecular formula is C19H22N4O4. The Bertz CT molecular complexity index is 763. The molecule has 2 rings (SSSR count). The van der Waals surface area contributed by atoms with Crippen molar-refractivity contribution in [3.05, 3.63) is 65.7 Å². The van der Waals surface area contributed by atoms with Gasteiger partial charge in [-0.25, -0.2) is 4.79 Å². The largest absolute Gasteiger partial charge is 0.494 e. The number of rotatable bonds is 7. The summed E-state index contributed by atoms with van der Waals surface area (Å²) in [6, 6.07) is 15.4. The van der Waals surface area contributed by atoms with Gasteiger partial charge >= 0.3 is 6.03 Å². The van der Waals surface area contributed by atoms with Crippen LogP contribution in [0.15, 0.2) is 54.6 Å². The molecule has 0 saturated heterocycles. The zero-order valence-electron chi connectivity index (χ0n) is 15.0. The van der Waals surface area contributed by atoms with Crippen LogP contribution >= 0.6 is 0 Å². The van der Waals surface area contributed by atoms with E-state index in [1.165, 1.54) is 0 Å². The van der Waals surface area contributed by atoms with Crippen LogP contribution in [-0.2, 0) is 11.3 Å². The van der Waals surface area contributed by atoms with Gasteiger partial charge in [0.1, 0.15) is 12.3 Å². The van der Waals surface area contributed by atoms with Crippen LogP contribution in [0.2, 0.25) is 0 Å². The van der Waals surface area contributed by atoms with E-state index in [-0.39, 0.29) is 6.54 Å². The highest BCUT2D eigenvalue weighted by atomic mass is 16.5. The summed E-state index contributed by atoms with van der Waals surface area (Å²) < 4.78 is 5.29. The standard InChI is InChI=1S/C19H22N4O4/c1-2-27-16-10-8-15(9-11-16)18(25)23-22-17(24)13-21-19(26)20-12-14-6-4-3-5-7-14/h3-11H,2,12-13H2,1H3,(H,22,24)(H,23,25)(H2,20,21,26). The molecule has 0 unspecified atom stereocenters. The highest BCUT2D eigenvalue weighted by Crippen LogP contribution is 2.11. The number of ether oxygens (including phenoxy) is 1. The van der Waals surface area contributed by atoms with Gasteiger partial charge in [0.15, 0.2) is 0 Å². The number of urea groups is 1. The second kappa shape index (κ2) is 10.4. The molecule has 142 valence electrons. The van der Waals surface area contributed by atoms with E-state index in [1.807, 2.05) is 37.3 Å². The van der Waals surface area contributed by atoms with Gasteiger partial charge in [-0.15, -0.1) is 0 Å². The van der Waals surface area contributed by atoms with Crippen molar-refractivity contribution in [2.75, 3.05) is 13.2 Å². The molecule has 8 heteroatoms. The van der Waals surface area contributed by atoms with Gasteiger partial charge in [-0.1, -0.05) is 30.3 Å². The Morgan fingerprint density at radius 1 is 0.889 bits per heavy atom. The van der Waals surface area contributed by atoms with E-state index in [0.717, 1.165) is 5.56 Å². The fourth-order valence-electron chi connectivity index (χ4n) is 2.11. The molecule has 0 radical (unpaired) electrons. The van der Waals surface area contributed by atoms with E-state index in [4.69, 9.17) is 4.74 Å². The predicted molar refractivity (Wildman–Crippen MR) is 99.9 cm³/mol. The van der Waals surface area contributed by atoms with Crippen molar-refractivity contribution in [3.8, 4) is 5.75 Å². The van der Waals surface area contributed by atoms with Gasteiger partial charge in [-0.2, -0.15) is 0 Å². The molecule has 0 aliphatic rings. The molecule has 0 aliphatic carbocycles. The van der Waals surface area contributed by atoms with Crippen LogP contribution in [0.4, 0.5) is 4.79 Å². The molecule has 0 fully saturated rings. The summed E-state index contributed by atoms with van der Waals surface area (Å²) in [6.07, 6.45) is 0. The van der Waals surface area contributed by atoms with E-state index < -0.39 is 17.8 Å². The van der Waals surface area contributed by atoms with Crippen LogP contribution in [0.3, 0.4) is 0 Å². The summed E-state index contributed by atoms with van der Waals surface area (Å²) in [5.41, 5.74) is 5.83. The third-order valence-corrected chi connectivity index (χ3v) is 3.45. The number of benzene rings is 2. The lowest BCUT2D eigenvalue weighted by Crippen LogP contribution is -2.47. The van der Waals surface area contributed by atoms with Crippen molar-refractivity contribution in [3.63, 3.8) is 0 Å². The van der Waals surface area contributed by atoms with E-state index in [2.05, 4.69) is 21.5 Å². The number of hydrogen-bond acceptors (Lipinski definition) is 4. The monoisotopic (exact) mass is 370 g/mol. The molecule has 0 aliphatic heterocycles. The van der Waals surface area contributed by atoms with Gasteiger partial charge in [0.05, 0.1) is 6.61 Å². The molecule has 0 aromatic heterocycles. The minimum Gasteiger partial charge on any atom is -0.494 e. The van der Waals surface area contributed by atoms with Crippen LogP contribution in [0.25, 0.3) is 0 Å². The molecule has 27 heavy (non-hydrogen) atoms. The van der Waals surface area contributed by atoms with Crippen LogP contribution in [0.5, 0.6) is 5.75 Å². The molecule has 0 heterocycles. The molecule has 2 aromatic rings. The van der Waals surface area contributed by atoms with Crippen molar-refractivity contribution >= 4 is 17.8 Å². The smallest absolute Gasteiger partial charge is 0.315 e. The van der Waals surface area contributed by atoms with E-state index in [9.17, 15) is 14.4 Å². The average Bonchev–Trinajstić information content (AvgIpc) is 2.70. The predicted octanol–water partition coefficient (Wildman–Crippen LogP) is 1.35. The maximum Gasteiger partial charge on any atom is 0.315 e. The minimum atomic E-state index is -0.552. The number of carbonyl (C=O) groups is 3. The van der Waals surface area contributed by atoms with Gasteiger partial charge in [-0.3, -0.25) is 20.4 Å². The van der Waals surface area contributed by atoms with Crippen molar-refractivity contribution < 1.29 is 19.1 Å². The van der Waals surface area contributed by atoms with Crippen LogP contribution < -0.4 is 26.2 Å². The van der Waals surface area contributed by atoms with Crippen molar-refractivity contribution in [1.82, 2.24) is 21.5 Å². The van der Waals surface area contributed by atoms with Gasteiger partial charge in [-0.05, 0) is 36.8 Å². The highest BCUT2D eigenvalue weighted by Gasteiger charge is 2.09. The first kappa shape index (κ1) is 19.8. The normalized spacial score (nSPS) is 9.81. The fraction of sp³-hybridized carbons (Fsp3) is 0.211. The molecule has 0 bridgehead atoms. The Labute approximate surface area is 157 Å². The lowest BCUT2D eigenvalue weighted by atomic mass is 10.2. The van der Waals surface area contributed by atoms with Crippen molar-refractivity contribution in [2.24, 2.45) is 0 Å². The van der Waals surface area contributed by atoms with E-state index >= 15 is 0 Å².